The van der Waals surface area contributed by atoms with Crippen LogP contribution in [-0.4, -0.2) is 29.6 Å². The van der Waals surface area contributed by atoms with E-state index in [1.165, 1.54) is 18.9 Å². The number of aromatic amines is 1. The van der Waals surface area contributed by atoms with Crippen molar-refractivity contribution < 1.29 is 14.3 Å². The Morgan fingerprint density at radius 2 is 1.80 bits per heavy atom. The maximum atomic E-state index is 13.2. The average Bonchev–Trinajstić information content (AvgIpc) is 3.09. The van der Waals surface area contributed by atoms with Gasteiger partial charge in [-0.15, -0.1) is 11.8 Å². The third-order valence-corrected chi connectivity index (χ3v) is 5.27. The van der Waals surface area contributed by atoms with Crippen LogP contribution in [0.4, 0.5) is 0 Å². The fourth-order valence-electron chi connectivity index (χ4n) is 2.73. The number of Topliss-reactive ketones (excluding diaryl/α,β-unsaturated/α-hetero) is 1. The number of ether oxygens (including phenoxy) is 1. The summed E-state index contributed by atoms with van der Waals surface area (Å²) in [5, 5.41) is 0.562. The monoisotopic (exact) mass is 353 g/mol. The number of benzene rings is 2. The first-order chi connectivity index (χ1) is 12.2. The van der Waals surface area contributed by atoms with Gasteiger partial charge in [-0.25, -0.2) is 0 Å². The topological polar surface area (TPSA) is 59.2 Å². The van der Waals surface area contributed by atoms with Gasteiger partial charge in [0.25, 0.3) is 0 Å². The van der Waals surface area contributed by atoms with Crippen LogP contribution in [0.3, 0.4) is 0 Å². The first-order valence-corrected chi connectivity index (χ1v) is 9.09. The molecule has 1 N–H and O–H groups in total. The molecule has 0 saturated heterocycles. The number of ketones is 1. The van der Waals surface area contributed by atoms with Gasteiger partial charge in [-0.3, -0.25) is 9.59 Å². The summed E-state index contributed by atoms with van der Waals surface area (Å²) < 4.78 is 4.69. The van der Waals surface area contributed by atoms with Crippen molar-refractivity contribution >= 4 is 34.4 Å². The molecule has 0 aliphatic heterocycles. The number of rotatable bonds is 7. The summed E-state index contributed by atoms with van der Waals surface area (Å²) in [6, 6.07) is 17.4. The summed E-state index contributed by atoms with van der Waals surface area (Å²) >= 11 is 1.47. The van der Waals surface area contributed by atoms with Crippen molar-refractivity contribution in [3.8, 4) is 0 Å². The lowest BCUT2D eigenvalue weighted by Crippen LogP contribution is -2.11. The number of para-hydroxylation sites is 1. The van der Waals surface area contributed by atoms with Crippen LogP contribution in [0.1, 0.15) is 27.6 Å². The molecule has 1 heterocycles. The number of thioether (sulfide) groups is 1. The molecule has 0 aliphatic carbocycles. The fourth-order valence-corrected chi connectivity index (χ4v) is 3.88. The van der Waals surface area contributed by atoms with Crippen molar-refractivity contribution in [1.29, 1.82) is 0 Å². The summed E-state index contributed by atoms with van der Waals surface area (Å²) in [6.07, 6.45) is 2.05. The quantitative estimate of drug-likeness (QED) is 0.505. The average molecular weight is 353 g/mol. The molecular weight excluding hydrogens is 334 g/mol. The number of esters is 1. The normalized spacial score (nSPS) is 12.0. The Balaban J connectivity index is 1.88. The van der Waals surface area contributed by atoms with Gasteiger partial charge in [0.05, 0.1) is 18.8 Å². The van der Waals surface area contributed by atoms with Gasteiger partial charge >= 0.3 is 5.97 Å². The Morgan fingerprint density at radius 1 is 1.08 bits per heavy atom. The number of methoxy groups -OCH3 is 1. The van der Waals surface area contributed by atoms with Gasteiger partial charge in [-0.05, 0) is 11.6 Å². The van der Waals surface area contributed by atoms with E-state index in [4.69, 9.17) is 0 Å². The fraction of sp³-hybridized carbons (Fsp3) is 0.200. The number of carbonyl (C=O) groups excluding carboxylic acids is 2. The van der Waals surface area contributed by atoms with Crippen molar-refractivity contribution in [2.75, 3.05) is 12.9 Å². The van der Waals surface area contributed by atoms with Crippen molar-refractivity contribution in [1.82, 2.24) is 4.98 Å². The summed E-state index contributed by atoms with van der Waals surface area (Å²) in [7, 11) is 1.37. The zero-order chi connectivity index (χ0) is 17.6. The van der Waals surface area contributed by atoms with Gasteiger partial charge in [0.2, 0.25) is 0 Å². The van der Waals surface area contributed by atoms with Crippen LogP contribution >= 0.6 is 11.8 Å². The summed E-state index contributed by atoms with van der Waals surface area (Å²) in [4.78, 5) is 27.7. The molecule has 5 heteroatoms. The minimum Gasteiger partial charge on any atom is -0.469 e. The van der Waals surface area contributed by atoms with Crippen molar-refractivity contribution in [2.24, 2.45) is 0 Å². The molecule has 1 atom stereocenters. The van der Waals surface area contributed by atoms with Crippen molar-refractivity contribution in [3.63, 3.8) is 0 Å². The van der Waals surface area contributed by atoms with Gasteiger partial charge in [0, 0.05) is 28.4 Å². The standard InChI is InChI=1S/C20H19NO3S/c1-24-18(22)11-12-25-20(14-7-3-2-4-8-14)19(23)16-13-21-17-10-6-5-9-15(16)17/h2-10,13,20-21H,11-12H2,1H3/t20-/m0/s1. The second-order valence-electron chi connectivity index (χ2n) is 5.60. The van der Waals surface area contributed by atoms with Crippen LogP contribution in [0.5, 0.6) is 0 Å². The number of H-pyrrole nitrogens is 1. The molecule has 0 radical (unpaired) electrons. The lowest BCUT2D eigenvalue weighted by Gasteiger charge is -2.15. The number of aromatic nitrogens is 1. The molecule has 2 aromatic carbocycles. The molecule has 0 aliphatic rings. The van der Waals surface area contributed by atoms with Crippen LogP contribution in [-0.2, 0) is 9.53 Å². The van der Waals surface area contributed by atoms with Gasteiger partial charge < -0.3 is 9.72 Å². The van der Waals surface area contributed by atoms with E-state index in [0.717, 1.165) is 16.5 Å². The molecule has 0 spiro atoms. The van der Waals surface area contributed by atoms with Crippen LogP contribution in [0.25, 0.3) is 10.9 Å². The Labute approximate surface area is 150 Å². The lowest BCUT2D eigenvalue weighted by molar-refractivity contribution is -0.140. The number of carbonyl (C=O) groups is 2. The van der Waals surface area contributed by atoms with Gasteiger partial charge in [0.1, 0.15) is 0 Å². The Morgan fingerprint density at radius 3 is 2.56 bits per heavy atom. The maximum absolute atomic E-state index is 13.2. The molecule has 3 rings (SSSR count). The molecule has 0 unspecified atom stereocenters. The molecule has 0 amide bonds. The summed E-state index contributed by atoms with van der Waals surface area (Å²) in [5.74, 6) is 0.303. The van der Waals surface area contributed by atoms with Gasteiger partial charge in [-0.2, -0.15) is 0 Å². The van der Waals surface area contributed by atoms with Gasteiger partial charge in [0.15, 0.2) is 5.78 Å². The van der Waals surface area contributed by atoms with E-state index >= 15 is 0 Å². The zero-order valence-electron chi connectivity index (χ0n) is 13.9. The highest BCUT2D eigenvalue weighted by molar-refractivity contribution is 8.00. The molecule has 0 bridgehead atoms. The second-order valence-corrected chi connectivity index (χ2v) is 6.81. The Kier molecular flexibility index (Phi) is 5.56. The molecule has 0 saturated carbocycles. The van der Waals surface area contributed by atoms with Crippen molar-refractivity contribution in [2.45, 2.75) is 11.7 Å². The highest BCUT2D eigenvalue weighted by atomic mass is 32.2. The minimum absolute atomic E-state index is 0.0403. The van der Waals surface area contributed by atoms with E-state index in [-0.39, 0.29) is 23.4 Å². The molecule has 1 aromatic heterocycles. The molecule has 4 nitrogen and oxygen atoms in total. The number of fused-ring (bicyclic) bond motifs is 1. The van der Waals surface area contributed by atoms with E-state index in [2.05, 4.69) is 9.72 Å². The van der Waals surface area contributed by atoms with Crippen LogP contribution in [0.15, 0.2) is 60.8 Å². The number of hydrogen-bond acceptors (Lipinski definition) is 4. The van der Waals surface area contributed by atoms with Crippen LogP contribution < -0.4 is 0 Å². The Hall–Kier alpha value is -2.53. The Bertz CT molecular complexity index is 873. The predicted octanol–water partition coefficient (Wildman–Crippen LogP) is 4.39. The minimum atomic E-state index is -0.356. The van der Waals surface area contributed by atoms with E-state index in [1.807, 2.05) is 54.6 Å². The highest BCUT2D eigenvalue weighted by Crippen LogP contribution is 2.34. The highest BCUT2D eigenvalue weighted by Gasteiger charge is 2.25. The third-order valence-electron chi connectivity index (χ3n) is 4.01. The maximum Gasteiger partial charge on any atom is 0.306 e. The molecular formula is C20H19NO3S. The second kappa shape index (κ2) is 8.03. The summed E-state index contributed by atoms with van der Waals surface area (Å²) in [6.45, 7) is 0. The molecule has 128 valence electrons. The van der Waals surface area contributed by atoms with E-state index in [9.17, 15) is 9.59 Å². The van der Waals surface area contributed by atoms with Crippen LogP contribution in [0.2, 0.25) is 0 Å². The number of hydrogen-bond donors (Lipinski definition) is 1. The largest absolute Gasteiger partial charge is 0.469 e. The van der Waals surface area contributed by atoms with Crippen LogP contribution in [0, 0.1) is 0 Å². The van der Waals surface area contributed by atoms with E-state index in [0.29, 0.717) is 11.3 Å². The van der Waals surface area contributed by atoms with Crippen molar-refractivity contribution in [3.05, 3.63) is 71.9 Å². The third kappa shape index (κ3) is 3.94. The first kappa shape index (κ1) is 17.3. The first-order valence-electron chi connectivity index (χ1n) is 8.04. The van der Waals surface area contributed by atoms with E-state index in [1.54, 1.807) is 6.20 Å². The smallest absolute Gasteiger partial charge is 0.306 e. The number of nitrogens with one attached hydrogen (secondary N) is 1. The molecule has 3 aromatic rings. The van der Waals surface area contributed by atoms with E-state index < -0.39 is 0 Å². The molecule has 25 heavy (non-hydrogen) atoms. The summed E-state index contributed by atoms with van der Waals surface area (Å²) in [5.41, 5.74) is 2.56. The lowest BCUT2D eigenvalue weighted by atomic mass is 10.0. The van der Waals surface area contributed by atoms with Gasteiger partial charge in [-0.1, -0.05) is 48.5 Å². The zero-order valence-corrected chi connectivity index (χ0v) is 14.7. The SMILES string of the molecule is COC(=O)CCS[C@H](C(=O)c1c[nH]c2ccccc12)c1ccccc1. The molecule has 0 fully saturated rings. The predicted molar refractivity (Wildman–Crippen MR) is 101 cm³/mol.